The molecule has 0 aromatic heterocycles. The highest BCUT2D eigenvalue weighted by Gasteiger charge is 2.22. The Bertz CT molecular complexity index is 1160. The average Bonchev–Trinajstić information content (AvgIpc) is 3.23. The smallest absolute Gasteiger partial charge is 0.306 e. The van der Waals surface area contributed by atoms with Crippen molar-refractivity contribution in [2.45, 2.75) is 225 Å². The van der Waals surface area contributed by atoms with E-state index in [0.717, 1.165) is 64.2 Å². The van der Waals surface area contributed by atoms with Gasteiger partial charge in [0.2, 0.25) is 0 Å². The predicted octanol–water partition coefficient (Wildman–Crippen LogP) is 12.6. The van der Waals surface area contributed by atoms with Crippen LogP contribution in [0.25, 0.3) is 0 Å². The van der Waals surface area contributed by atoms with Crippen molar-refractivity contribution in [1.82, 2.24) is 0 Å². The summed E-state index contributed by atoms with van der Waals surface area (Å²) < 4.78 is 22.6. The molecule has 9 heteroatoms. The van der Waals surface area contributed by atoms with E-state index >= 15 is 0 Å². The van der Waals surface area contributed by atoms with Crippen LogP contribution in [0.15, 0.2) is 48.6 Å². The molecule has 0 aliphatic rings. The first-order chi connectivity index (χ1) is 30.1. The Morgan fingerprint density at radius 3 is 1.37 bits per heavy atom. The number of quaternary nitrogens is 1. The topological polar surface area (TPSA) is 111 Å². The van der Waals surface area contributed by atoms with Gasteiger partial charge in [-0.25, -0.2) is 0 Å². The van der Waals surface area contributed by atoms with Gasteiger partial charge in [-0.3, -0.25) is 9.59 Å². The zero-order valence-electron chi connectivity index (χ0n) is 40.7. The highest BCUT2D eigenvalue weighted by Crippen LogP contribution is 2.15. The van der Waals surface area contributed by atoms with Crippen LogP contribution >= 0.6 is 0 Å². The van der Waals surface area contributed by atoms with Crippen molar-refractivity contribution in [3.05, 3.63) is 48.6 Å². The molecule has 0 N–H and O–H groups in total. The number of rotatable bonds is 46. The number of allylic oxidation sites excluding steroid dienone is 8. The second-order valence-corrected chi connectivity index (χ2v) is 18.1. The minimum absolute atomic E-state index is 0.148. The van der Waals surface area contributed by atoms with E-state index in [1.54, 1.807) is 0 Å². The van der Waals surface area contributed by atoms with Crippen LogP contribution in [0.3, 0.4) is 0 Å². The molecule has 0 bridgehead atoms. The molecule has 0 saturated heterocycles. The lowest BCUT2D eigenvalue weighted by Gasteiger charge is -2.26. The summed E-state index contributed by atoms with van der Waals surface area (Å²) in [4.78, 5) is 37.1. The summed E-state index contributed by atoms with van der Waals surface area (Å²) >= 11 is 0. The maximum absolute atomic E-state index is 12.8. The van der Waals surface area contributed by atoms with E-state index in [2.05, 4.69) is 62.5 Å². The fourth-order valence-electron chi connectivity index (χ4n) is 6.94. The number of carboxylic acids is 1. The second-order valence-electron chi connectivity index (χ2n) is 18.1. The molecule has 0 aliphatic carbocycles. The van der Waals surface area contributed by atoms with Gasteiger partial charge in [-0.05, 0) is 51.4 Å². The van der Waals surface area contributed by atoms with Crippen LogP contribution in [0, 0.1) is 0 Å². The molecule has 2 unspecified atom stereocenters. The molecule has 0 aromatic carbocycles. The van der Waals surface area contributed by atoms with Crippen molar-refractivity contribution in [3.8, 4) is 0 Å². The minimum atomic E-state index is -1.62. The number of aliphatic carboxylic acids is 1. The zero-order valence-corrected chi connectivity index (χ0v) is 40.7. The maximum atomic E-state index is 12.8. The molecule has 360 valence electrons. The molecular weight excluding hydrogens is 779 g/mol. The molecule has 0 spiro atoms. The zero-order chi connectivity index (χ0) is 45.6. The van der Waals surface area contributed by atoms with E-state index in [1.165, 1.54) is 116 Å². The number of carbonyl (C=O) groups excluding carboxylic acids is 3. The summed E-state index contributed by atoms with van der Waals surface area (Å²) in [6.07, 6.45) is 50.0. The molecular formula is C53H95NO8. The second kappa shape index (κ2) is 44.8. The molecule has 0 amide bonds. The lowest BCUT2D eigenvalue weighted by molar-refractivity contribution is -0.870. The number of carboxylic acid groups (broad SMARTS) is 1. The highest BCUT2D eigenvalue weighted by molar-refractivity contribution is 5.70. The average molecular weight is 874 g/mol. The monoisotopic (exact) mass is 874 g/mol. The number of likely N-dealkylation sites (N-methyl/N-ethyl adjacent to an activating group) is 1. The van der Waals surface area contributed by atoms with Crippen molar-refractivity contribution in [1.29, 1.82) is 0 Å². The largest absolute Gasteiger partial charge is 0.545 e. The van der Waals surface area contributed by atoms with Crippen molar-refractivity contribution >= 4 is 17.9 Å². The van der Waals surface area contributed by atoms with E-state index in [0.29, 0.717) is 23.9 Å². The van der Waals surface area contributed by atoms with Crippen LogP contribution < -0.4 is 5.11 Å². The van der Waals surface area contributed by atoms with Crippen molar-refractivity contribution in [2.75, 3.05) is 47.5 Å². The molecule has 0 aliphatic heterocycles. The van der Waals surface area contributed by atoms with Gasteiger partial charge in [0.1, 0.15) is 13.2 Å². The van der Waals surface area contributed by atoms with Gasteiger partial charge in [-0.15, -0.1) is 0 Å². The van der Waals surface area contributed by atoms with Crippen molar-refractivity contribution in [3.63, 3.8) is 0 Å². The minimum Gasteiger partial charge on any atom is -0.545 e. The van der Waals surface area contributed by atoms with Gasteiger partial charge >= 0.3 is 11.9 Å². The maximum Gasteiger partial charge on any atom is 0.306 e. The van der Waals surface area contributed by atoms with Gasteiger partial charge in [0, 0.05) is 12.8 Å². The molecule has 0 fully saturated rings. The Morgan fingerprint density at radius 1 is 0.500 bits per heavy atom. The molecule has 9 nitrogen and oxygen atoms in total. The molecule has 2 atom stereocenters. The molecule has 0 aromatic rings. The summed E-state index contributed by atoms with van der Waals surface area (Å²) in [6.45, 7) is 4.63. The lowest BCUT2D eigenvalue weighted by atomic mass is 10.0. The normalized spacial score (nSPS) is 13.2. The van der Waals surface area contributed by atoms with Gasteiger partial charge in [0.15, 0.2) is 12.4 Å². The van der Waals surface area contributed by atoms with Crippen LogP contribution in [0.5, 0.6) is 0 Å². The Balaban J connectivity index is 4.26. The Kier molecular flexibility index (Phi) is 42.9. The van der Waals surface area contributed by atoms with Crippen molar-refractivity contribution in [2.24, 2.45) is 0 Å². The number of hydrogen-bond donors (Lipinski definition) is 0. The fourth-order valence-corrected chi connectivity index (χ4v) is 6.94. The fraction of sp³-hybridized carbons (Fsp3) is 0.792. The third-order valence-electron chi connectivity index (χ3n) is 10.8. The summed E-state index contributed by atoms with van der Waals surface area (Å²) in [5, 5.41) is 11.7. The summed E-state index contributed by atoms with van der Waals surface area (Å²) in [6, 6.07) is 0. The number of esters is 2. The Hall–Kier alpha value is -2.75. The van der Waals surface area contributed by atoms with Crippen LogP contribution in [0.4, 0.5) is 0 Å². The van der Waals surface area contributed by atoms with Gasteiger partial charge in [0.05, 0.1) is 40.3 Å². The Labute approximate surface area is 381 Å². The number of hydrogen-bond acceptors (Lipinski definition) is 8. The molecule has 0 saturated carbocycles. The molecule has 0 rings (SSSR count). The van der Waals surface area contributed by atoms with Gasteiger partial charge in [-0.1, -0.05) is 197 Å². The number of nitrogens with zero attached hydrogens (tertiary/aromatic N) is 1. The van der Waals surface area contributed by atoms with Gasteiger partial charge in [-0.2, -0.15) is 0 Å². The SMILES string of the molecule is CC/C=C\C/C=C\C/C=C\C/C=C\CCCCCCCCCCCCCCC(=O)OC(COC(=O)CCCCCCCCCCCCCC)COC(OCC[N+](C)(C)C)C(=O)[O-]. The standard InChI is InChI=1S/C53H95NO8/c1-6-8-10-12-14-16-18-20-21-22-23-24-25-26-27-28-29-30-31-32-34-36-38-40-42-44-51(56)62-49(48-61-53(52(57)58)59-46-45-54(3,4)5)47-60-50(55)43-41-39-37-35-33-19-17-15-13-11-9-7-2/h8,10,14,16,20-21,23-24,49,53H,6-7,9,11-13,15,17-19,22,25-48H2,1-5H3/b10-8-,16-14-,21-20-,24-23-. The number of ether oxygens (including phenoxy) is 4. The van der Waals surface area contributed by atoms with Crippen LogP contribution in [-0.2, 0) is 33.3 Å². The summed E-state index contributed by atoms with van der Waals surface area (Å²) in [7, 11) is 5.91. The first kappa shape index (κ1) is 59.2. The van der Waals surface area contributed by atoms with Gasteiger partial charge < -0.3 is 33.3 Å². The first-order valence-corrected chi connectivity index (χ1v) is 25.3. The van der Waals surface area contributed by atoms with Gasteiger partial charge in [0.25, 0.3) is 0 Å². The van der Waals surface area contributed by atoms with E-state index in [1.807, 2.05) is 21.1 Å². The first-order valence-electron chi connectivity index (χ1n) is 25.3. The summed E-state index contributed by atoms with van der Waals surface area (Å²) in [5.41, 5.74) is 0. The third kappa shape index (κ3) is 45.3. The Morgan fingerprint density at radius 2 is 0.919 bits per heavy atom. The summed E-state index contributed by atoms with van der Waals surface area (Å²) in [5.74, 6) is -2.28. The quantitative estimate of drug-likeness (QED) is 0.0195. The molecule has 0 heterocycles. The lowest BCUT2D eigenvalue weighted by Crippen LogP contribution is -2.44. The van der Waals surface area contributed by atoms with Crippen LogP contribution in [-0.4, -0.2) is 82.3 Å². The van der Waals surface area contributed by atoms with E-state index in [9.17, 15) is 19.5 Å². The highest BCUT2D eigenvalue weighted by atomic mass is 16.7. The van der Waals surface area contributed by atoms with E-state index in [-0.39, 0.29) is 32.2 Å². The van der Waals surface area contributed by atoms with Crippen LogP contribution in [0.1, 0.15) is 213 Å². The van der Waals surface area contributed by atoms with Crippen LogP contribution in [0.2, 0.25) is 0 Å². The molecule has 62 heavy (non-hydrogen) atoms. The predicted molar refractivity (Wildman–Crippen MR) is 255 cm³/mol. The van der Waals surface area contributed by atoms with E-state index in [4.69, 9.17) is 18.9 Å². The number of carbonyl (C=O) groups is 3. The number of unbranched alkanes of at least 4 members (excludes halogenated alkanes) is 23. The van der Waals surface area contributed by atoms with Crippen molar-refractivity contribution < 1.29 is 42.9 Å². The third-order valence-corrected chi connectivity index (χ3v) is 10.8. The molecule has 0 radical (unpaired) electrons. The van der Waals surface area contributed by atoms with E-state index < -0.39 is 24.3 Å².